The van der Waals surface area contributed by atoms with Crippen LogP contribution in [0.1, 0.15) is 16.1 Å². The molecule has 138 valence electrons. The minimum Gasteiger partial charge on any atom is -0.406 e. The fourth-order valence-electron chi connectivity index (χ4n) is 2.60. The number of benzene rings is 1. The van der Waals surface area contributed by atoms with Gasteiger partial charge in [-0.05, 0) is 45.9 Å². The van der Waals surface area contributed by atoms with Gasteiger partial charge in [-0.3, -0.25) is 9.59 Å². The van der Waals surface area contributed by atoms with Gasteiger partial charge in [0.15, 0.2) is 0 Å². The molecule has 0 radical (unpaired) electrons. The number of rotatable bonds is 4. The highest BCUT2D eigenvalue weighted by Gasteiger charge is 2.35. The molecule has 1 saturated heterocycles. The van der Waals surface area contributed by atoms with E-state index in [4.69, 9.17) is 0 Å². The van der Waals surface area contributed by atoms with Crippen molar-refractivity contribution < 1.29 is 27.5 Å². The molecular weight excluding hydrogens is 437 g/mol. The fourth-order valence-corrected chi connectivity index (χ4v) is 4.05. The number of alkyl halides is 3. The standard InChI is InChI=1S/C16H12BrF3N2O3S/c17-11-5-7-26-13(11)14(23)21-12-4-6-22(15(12)24)9-2-1-3-10(8-9)25-16(18,19)20/h1-3,5,7-8,12H,4,6H2,(H,21,23). The quantitative estimate of drug-likeness (QED) is 0.770. The fraction of sp³-hybridized carbons (Fsp3) is 0.250. The Balaban J connectivity index is 1.70. The molecule has 3 rings (SSSR count). The van der Waals surface area contributed by atoms with E-state index in [0.717, 1.165) is 12.1 Å². The summed E-state index contributed by atoms with van der Waals surface area (Å²) in [5, 5.41) is 4.41. The molecule has 0 saturated carbocycles. The SMILES string of the molecule is O=C(NC1CCN(c2cccc(OC(F)(F)F)c2)C1=O)c1sccc1Br. The van der Waals surface area contributed by atoms with Crippen molar-refractivity contribution in [2.45, 2.75) is 18.8 Å². The lowest BCUT2D eigenvalue weighted by Gasteiger charge is -2.18. The molecule has 1 aromatic heterocycles. The first kappa shape index (κ1) is 18.7. The van der Waals surface area contributed by atoms with Crippen molar-refractivity contribution in [3.05, 3.63) is 45.1 Å². The summed E-state index contributed by atoms with van der Waals surface area (Å²) in [5.41, 5.74) is 0.283. The van der Waals surface area contributed by atoms with E-state index in [1.807, 2.05) is 0 Å². The van der Waals surface area contributed by atoms with Crippen molar-refractivity contribution >= 4 is 44.8 Å². The first-order valence-corrected chi connectivity index (χ1v) is 9.13. The molecule has 2 heterocycles. The highest BCUT2D eigenvalue weighted by molar-refractivity contribution is 9.10. The van der Waals surface area contributed by atoms with E-state index in [0.29, 0.717) is 15.8 Å². The molecule has 1 aliphatic rings. The summed E-state index contributed by atoms with van der Waals surface area (Å²) in [7, 11) is 0. The Morgan fingerprint density at radius 3 is 2.77 bits per heavy atom. The maximum absolute atomic E-state index is 12.5. The number of ether oxygens (including phenoxy) is 1. The molecule has 1 N–H and O–H groups in total. The van der Waals surface area contributed by atoms with Crippen LogP contribution >= 0.6 is 27.3 Å². The number of nitrogens with one attached hydrogen (secondary N) is 1. The van der Waals surface area contributed by atoms with Crippen LogP contribution in [-0.4, -0.2) is 30.8 Å². The van der Waals surface area contributed by atoms with Crippen molar-refractivity contribution in [3.8, 4) is 5.75 Å². The van der Waals surface area contributed by atoms with Crippen LogP contribution in [-0.2, 0) is 4.79 Å². The first-order chi connectivity index (χ1) is 12.2. The highest BCUT2D eigenvalue weighted by atomic mass is 79.9. The van der Waals surface area contributed by atoms with Crippen molar-refractivity contribution in [1.29, 1.82) is 0 Å². The molecule has 2 aromatic rings. The summed E-state index contributed by atoms with van der Waals surface area (Å²) in [6, 6.07) is 6.19. The predicted molar refractivity (Wildman–Crippen MR) is 93.4 cm³/mol. The minimum absolute atomic E-state index is 0.283. The van der Waals surface area contributed by atoms with Gasteiger partial charge in [-0.2, -0.15) is 0 Å². The van der Waals surface area contributed by atoms with Crippen molar-refractivity contribution in [1.82, 2.24) is 5.32 Å². The van der Waals surface area contributed by atoms with Crippen LogP contribution in [0.4, 0.5) is 18.9 Å². The number of thiophene rings is 1. The van der Waals surface area contributed by atoms with Gasteiger partial charge in [0, 0.05) is 22.8 Å². The van der Waals surface area contributed by atoms with Crippen LogP contribution in [0.2, 0.25) is 0 Å². The van der Waals surface area contributed by atoms with Crippen molar-refractivity contribution in [2.24, 2.45) is 0 Å². The van der Waals surface area contributed by atoms with E-state index >= 15 is 0 Å². The monoisotopic (exact) mass is 448 g/mol. The Kier molecular flexibility index (Phi) is 5.24. The van der Waals surface area contributed by atoms with Gasteiger partial charge in [-0.25, -0.2) is 0 Å². The lowest BCUT2D eigenvalue weighted by atomic mass is 10.2. The van der Waals surface area contributed by atoms with Gasteiger partial charge in [0.25, 0.3) is 5.91 Å². The molecule has 26 heavy (non-hydrogen) atoms. The largest absolute Gasteiger partial charge is 0.573 e. The van der Waals surface area contributed by atoms with Crippen LogP contribution < -0.4 is 15.0 Å². The highest BCUT2D eigenvalue weighted by Crippen LogP contribution is 2.29. The van der Waals surface area contributed by atoms with Crippen LogP contribution in [0.25, 0.3) is 0 Å². The predicted octanol–water partition coefficient (Wildman–Crippen LogP) is 3.94. The zero-order valence-corrected chi connectivity index (χ0v) is 15.5. The number of carbonyl (C=O) groups is 2. The van der Waals surface area contributed by atoms with Crippen LogP contribution in [0.15, 0.2) is 40.2 Å². The normalized spacial score (nSPS) is 17.5. The molecule has 1 aliphatic heterocycles. The van der Waals surface area contributed by atoms with E-state index in [2.05, 4.69) is 26.0 Å². The molecule has 1 unspecified atom stereocenters. The number of carbonyl (C=O) groups excluding carboxylic acids is 2. The molecule has 2 amide bonds. The molecule has 1 atom stereocenters. The topological polar surface area (TPSA) is 58.6 Å². The Morgan fingerprint density at radius 1 is 1.35 bits per heavy atom. The van der Waals surface area contributed by atoms with E-state index < -0.39 is 18.2 Å². The molecular formula is C16H12BrF3N2O3S. The Hall–Kier alpha value is -2.07. The van der Waals surface area contributed by atoms with Gasteiger partial charge in [-0.15, -0.1) is 24.5 Å². The number of hydrogen-bond acceptors (Lipinski definition) is 4. The van der Waals surface area contributed by atoms with Gasteiger partial charge in [0.05, 0.1) is 0 Å². The molecule has 0 aliphatic carbocycles. The van der Waals surface area contributed by atoms with Crippen LogP contribution in [0.3, 0.4) is 0 Å². The summed E-state index contributed by atoms with van der Waals surface area (Å²) in [6.07, 6.45) is -4.45. The maximum atomic E-state index is 12.5. The van der Waals surface area contributed by atoms with Gasteiger partial charge in [-0.1, -0.05) is 6.07 Å². The lowest BCUT2D eigenvalue weighted by molar-refractivity contribution is -0.274. The second kappa shape index (κ2) is 7.28. The average Bonchev–Trinajstić information content (AvgIpc) is 3.13. The molecule has 0 spiro atoms. The number of nitrogens with zero attached hydrogens (tertiary/aromatic N) is 1. The van der Waals surface area contributed by atoms with Crippen molar-refractivity contribution in [3.63, 3.8) is 0 Å². The van der Waals surface area contributed by atoms with Crippen LogP contribution in [0.5, 0.6) is 5.75 Å². The van der Waals surface area contributed by atoms with Gasteiger partial charge < -0.3 is 15.0 Å². The summed E-state index contributed by atoms with van der Waals surface area (Å²) in [6.45, 7) is 0.283. The van der Waals surface area contributed by atoms with Gasteiger partial charge in [0.1, 0.15) is 16.7 Å². The number of anilines is 1. The summed E-state index contributed by atoms with van der Waals surface area (Å²) in [5.74, 6) is -1.16. The second-order valence-corrected chi connectivity index (χ2v) is 7.22. The van der Waals surface area contributed by atoms with Crippen LogP contribution in [0, 0.1) is 0 Å². The second-order valence-electron chi connectivity index (χ2n) is 5.45. The van der Waals surface area contributed by atoms with E-state index in [9.17, 15) is 22.8 Å². The van der Waals surface area contributed by atoms with Gasteiger partial charge >= 0.3 is 6.36 Å². The summed E-state index contributed by atoms with van der Waals surface area (Å²) in [4.78, 5) is 26.6. The summed E-state index contributed by atoms with van der Waals surface area (Å²) >= 11 is 4.50. The summed E-state index contributed by atoms with van der Waals surface area (Å²) < 4.78 is 41.6. The molecule has 5 nitrogen and oxygen atoms in total. The average molecular weight is 449 g/mol. The molecule has 1 aromatic carbocycles. The van der Waals surface area contributed by atoms with E-state index in [1.54, 1.807) is 11.4 Å². The van der Waals surface area contributed by atoms with Gasteiger partial charge in [0.2, 0.25) is 5.91 Å². The zero-order valence-electron chi connectivity index (χ0n) is 13.0. The first-order valence-electron chi connectivity index (χ1n) is 7.45. The smallest absolute Gasteiger partial charge is 0.406 e. The Morgan fingerprint density at radius 2 is 2.12 bits per heavy atom. The van der Waals surface area contributed by atoms with E-state index in [1.165, 1.54) is 28.4 Å². The molecule has 0 bridgehead atoms. The lowest BCUT2D eigenvalue weighted by Crippen LogP contribution is -2.41. The third kappa shape index (κ3) is 4.18. The Labute approximate surface area is 158 Å². The maximum Gasteiger partial charge on any atom is 0.573 e. The third-order valence-electron chi connectivity index (χ3n) is 3.70. The molecule has 1 fully saturated rings. The Bertz CT molecular complexity index is 840. The van der Waals surface area contributed by atoms with E-state index in [-0.39, 0.29) is 24.0 Å². The number of amides is 2. The minimum atomic E-state index is -4.81. The number of hydrogen-bond donors (Lipinski definition) is 1. The molecule has 10 heteroatoms. The van der Waals surface area contributed by atoms with Crippen molar-refractivity contribution in [2.75, 3.05) is 11.4 Å². The third-order valence-corrected chi connectivity index (χ3v) is 5.53. The number of halogens is 4. The zero-order chi connectivity index (χ0) is 18.9.